The first kappa shape index (κ1) is 18.5. The van der Waals surface area contributed by atoms with Gasteiger partial charge in [0, 0.05) is 23.9 Å². The van der Waals surface area contributed by atoms with Gasteiger partial charge in [-0.3, -0.25) is 4.79 Å². The number of hydrogen-bond acceptors (Lipinski definition) is 4. The molecule has 1 aliphatic rings. The SMILES string of the molecule is O=C(Nc1ccc(F)c(F)c1)c1cccc(S(=O)(=O)CC2CCOC2)c1. The molecule has 0 aliphatic carbocycles. The Kier molecular flexibility index (Phi) is 5.33. The second kappa shape index (κ2) is 7.51. The first-order valence-corrected chi connectivity index (χ1v) is 9.67. The van der Waals surface area contributed by atoms with Crippen LogP contribution in [0.3, 0.4) is 0 Å². The zero-order valence-electron chi connectivity index (χ0n) is 13.7. The predicted octanol–water partition coefficient (Wildman–Crippen LogP) is 3.03. The Morgan fingerprint density at radius 2 is 1.96 bits per heavy atom. The van der Waals surface area contributed by atoms with E-state index in [1.807, 2.05) is 0 Å². The Bertz CT molecular complexity index is 925. The molecule has 2 aromatic rings. The summed E-state index contributed by atoms with van der Waals surface area (Å²) < 4.78 is 56.4. The van der Waals surface area contributed by atoms with Crippen LogP contribution in [0.5, 0.6) is 0 Å². The van der Waals surface area contributed by atoms with E-state index in [0.29, 0.717) is 19.6 Å². The van der Waals surface area contributed by atoms with Crippen molar-refractivity contribution in [2.75, 3.05) is 24.3 Å². The molecule has 0 aromatic heterocycles. The fourth-order valence-corrected chi connectivity index (χ4v) is 4.40. The normalized spacial score (nSPS) is 17.2. The minimum atomic E-state index is -3.55. The van der Waals surface area contributed by atoms with Gasteiger partial charge in [-0.15, -0.1) is 0 Å². The lowest BCUT2D eigenvalue weighted by Crippen LogP contribution is -2.18. The maximum Gasteiger partial charge on any atom is 0.255 e. The van der Waals surface area contributed by atoms with E-state index in [-0.39, 0.29) is 27.8 Å². The molecule has 1 saturated heterocycles. The van der Waals surface area contributed by atoms with Crippen molar-refractivity contribution in [1.82, 2.24) is 0 Å². The smallest absolute Gasteiger partial charge is 0.255 e. The summed E-state index contributed by atoms with van der Waals surface area (Å²) in [5, 5.41) is 2.42. The quantitative estimate of drug-likeness (QED) is 0.864. The highest BCUT2D eigenvalue weighted by atomic mass is 32.2. The van der Waals surface area contributed by atoms with Gasteiger partial charge in [-0.1, -0.05) is 6.07 Å². The number of carbonyl (C=O) groups excluding carboxylic acids is 1. The Labute approximate surface area is 149 Å². The summed E-state index contributed by atoms with van der Waals surface area (Å²) in [7, 11) is -3.55. The molecule has 0 spiro atoms. The second-order valence-electron chi connectivity index (χ2n) is 6.12. The lowest BCUT2D eigenvalue weighted by Gasteiger charge is -2.10. The first-order chi connectivity index (χ1) is 12.3. The predicted molar refractivity (Wildman–Crippen MR) is 91.7 cm³/mol. The van der Waals surface area contributed by atoms with E-state index < -0.39 is 27.4 Å². The molecule has 8 heteroatoms. The summed E-state index contributed by atoms with van der Waals surface area (Å²) in [4.78, 5) is 12.3. The Hall–Kier alpha value is -2.32. The van der Waals surface area contributed by atoms with Crippen molar-refractivity contribution in [2.45, 2.75) is 11.3 Å². The van der Waals surface area contributed by atoms with Gasteiger partial charge in [0.2, 0.25) is 0 Å². The van der Waals surface area contributed by atoms with Gasteiger partial charge in [-0.25, -0.2) is 17.2 Å². The molecule has 1 fully saturated rings. The molecule has 5 nitrogen and oxygen atoms in total. The van der Waals surface area contributed by atoms with Gasteiger partial charge in [0.15, 0.2) is 21.5 Å². The highest BCUT2D eigenvalue weighted by Crippen LogP contribution is 2.21. The zero-order chi connectivity index (χ0) is 18.7. The van der Waals surface area contributed by atoms with E-state index in [9.17, 15) is 22.0 Å². The van der Waals surface area contributed by atoms with Crippen LogP contribution < -0.4 is 5.32 Å². The molecule has 2 aromatic carbocycles. The Morgan fingerprint density at radius 1 is 1.15 bits per heavy atom. The molecular formula is C18H17F2NO4S. The van der Waals surface area contributed by atoms with Crippen LogP contribution in [-0.4, -0.2) is 33.3 Å². The van der Waals surface area contributed by atoms with Crippen molar-refractivity contribution in [3.63, 3.8) is 0 Å². The first-order valence-electron chi connectivity index (χ1n) is 8.02. The van der Waals surface area contributed by atoms with Crippen molar-refractivity contribution < 1.29 is 26.7 Å². The molecule has 3 rings (SSSR count). The molecule has 0 saturated carbocycles. The number of anilines is 1. The van der Waals surface area contributed by atoms with Crippen LogP contribution >= 0.6 is 0 Å². The lowest BCUT2D eigenvalue weighted by molar-refractivity contribution is 0.102. The number of nitrogens with one attached hydrogen (secondary N) is 1. The summed E-state index contributed by atoms with van der Waals surface area (Å²) in [6.45, 7) is 0.965. The molecule has 1 aliphatic heterocycles. The third-order valence-electron chi connectivity index (χ3n) is 4.11. The van der Waals surface area contributed by atoms with Gasteiger partial charge < -0.3 is 10.1 Å². The van der Waals surface area contributed by atoms with Crippen LogP contribution in [0.25, 0.3) is 0 Å². The molecule has 138 valence electrons. The summed E-state index contributed by atoms with van der Waals surface area (Å²) in [6.07, 6.45) is 0.690. The van der Waals surface area contributed by atoms with Crippen LogP contribution in [0.2, 0.25) is 0 Å². The van der Waals surface area contributed by atoms with E-state index in [1.54, 1.807) is 0 Å². The standard InChI is InChI=1S/C18H17F2NO4S/c19-16-5-4-14(9-17(16)20)21-18(22)13-2-1-3-15(8-13)26(23,24)11-12-6-7-25-10-12/h1-5,8-9,12H,6-7,10-11H2,(H,21,22). The highest BCUT2D eigenvalue weighted by Gasteiger charge is 2.25. The fourth-order valence-electron chi connectivity index (χ4n) is 2.73. The number of sulfone groups is 1. The number of carbonyl (C=O) groups is 1. The van der Waals surface area contributed by atoms with Crippen molar-refractivity contribution in [3.8, 4) is 0 Å². The van der Waals surface area contributed by atoms with Crippen LogP contribution in [0, 0.1) is 17.6 Å². The average Bonchev–Trinajstić information content (AvgIpc) is 3.10. The van der Waals surface area contributed by atoms with E-state index >= 15 is 0 Å². The number of halogens is 2. The molecule has 1 atom stereocenters. The zero-order valence-corrected chi connectivity index (χ0v) is 14.6. The van der Waals surface area contributed by atoms with Crippen molar-refractivity contribution in [3.05, 3.63) is 59.7 Å². The van der Waals surface area contributed by atoms with Gasteiger partial charge >= 0.3 is 0 Å². The largest absolute Gasteiger partial charge is 0.381 e. The second-order valence-corrected chi connectivity index (χ2v) is 8.16. The molecule has 1 amide bonds. The Morgan fingerprint density at radius 3 is 2.65 bits per heavy atom. The number of benzene rings is 2. The molecular weight excluding hydrogens is 364 g/mol. The third-order valence-corrected chi connectivity index (χ3v) is 5.99. The molecule has 1 N–H and O–H groups in total. The number of ether oxygens (including phenoxy) is 1. The Balaban J connectivity index is 1.77. The monoisotopic (exact) mass is 381 g/mol. The fraction of sp³-hybridized carbons (Fsp3) is 0.278. The summed E-state index contributed by atoms with van der Waals surface area (Å²) in [5.41, 5.74) is 0.184. The van der Waals surface area contributed by atoms with Crippen LogP contribution in [-0.2, 0) is 14.6 Å². The average molecular weight is 381 g/mol. The molecule has 26 heavy (non-hydrogen) atoms. The minimum absolute atomic E-state index is 0.0404. The number of rotatable bonds is 5. The molecule has 0 bridgehead atoms. The van der Waals surface area contributed by atoms with Crippen molar-refractivity contribution in [2.24, 2.45) is 5.92 Å². The van der Waals surface area contributed by atoms with Crippen LogP contribution in [0.4, 0.5) is 14.5 Å². The van der Waals surface area contributed by atoms with Gasteiger partial charge in [-0.05, 0) is 42.7 Å². The van der Waals surface area contributed by atoms with Gasteiger partial charge in [-0.2, -0.15) is 0 Å². The number of amides is 1. The van der Waals surface area contributed by atoms with E-state index in [1.165, 1.54) is 30.3 Å². The minimum Gasteiger partial charge on any atom is -0.381 e. The van der Waals surface area contributed by atoms with E-state index in [0.717, 1.165) is 12.1 Å². The summed E-state index contributed by atoms with van der Waals surface area (Å²) in [6, 6.07) is 8.60. The lowest BCUT2D eigenvalue weighted by atomic mass is 10.2. The highest BCUT2D eigenvalue weighted by molar-refractivity contribution is 7.91. The molecule has 0 radical (unpaired) electrons. The van der Waals surface area contributed by atoms with Crippen LogP contribution in [0.15, 0.2) is 47.4 Å². The van der Waals surface area contributed by atoms with Gasteiger partial charge in [0.25, 0.3) is 5.91 Å². The molecule has 1 heterocycles. The number of hydrogen-bond donors (Lipinski definition) is 1. The maximum atomic E-state index is 13.2. The topological polar surface area (TPSA) is 72.5 Å². The van der Waals surface area contributed by atoms with E-state index in [2.05, 4.69) is 5.32 Å². The van der Waals surface area contributed by atoms with E-state index in [4.69, 9.17) is 4.74 Å². The van der Waals surface area contributed by atoms with Crippen LogP contribution in [0.1, 0.15) is 16.8 Å². The molecule has 1 unspecified atom stereocenters. The third kappa shape index (κ3) is 4.25. The van der Waals surface area contributed by atoms with Gasteiger partial charge in [0.05, 0.1) is 17.3 Å². The summed E-state index contributed by atoms with van der Waals surface area (Å²) >= 11 is 0. The van der Waals surface area contributed by atoms with Gasteiger partial charge in [0.1, 0.15) is 0 Å². The van der Waals surface area contributed by atoms with Crippen molar-refractivity contribution >= 4 is 21.4 Å². The summed E-state index contributed by atoms with van der Waals surface area (Å²) in [5.74, 6) is -2.82. The maximum absolute atomic E-state index is 13.2. The van der Waals surface area contributed by atoms with Crippen molar-refractivity contribution in [1.29, 1.82) is 0 Å².